The van der Waals surface area contributed by atoms with Crippen LogP contribution in [0.1, 0.15) is 55.8 Å². The van der Waals surface area contributed by atoms with Crippen LogP contribution in [0, 0.1) is 5.92 Å². The van der Waals surface area contributed by atoms with Crippen molar-refractivity contribution in [2.45, 2.75) is 57.7 Å². The molecular weight excluding hydrogens is 347 g/mol. The Balaban J connectivity index is 1.78. The number of Topliss-reactive ketones (excluding diaryl/α,β-unsaturated/α-hetero) is 1. The molecule has 0 aliphatic heterocycles. The Morgan fingerprint density at radius 2 is 1.85 bits per heavy atom. The highest BCUT2D eigenvalue weighted by Gasteiger charge is 2.42. The topological polar surface area (TPSA) is 55.4 Å². The van der Waals surface area contributed by atoms with E-state index >= 15 is 0 Å². The van der Waals surface area contributed by atoms with Crippen molar-refractivity contribution in [3.63, 3.8) is 0 Å². The molecule has 0 bridgehead atoms. The van der Waals surface area contributed by atoms with E-state index in [1.54, 1.807) is 24.3 Å². The normalized spacial score (nSPS) is 20.5. The zero-order valence-corrected chi connectivity index (χ0v) is 14.8. The van der Waals surface area contributed by atoms with Crippen LogP contribution in [0.15, 0.2) is 24.3 Å². The van der Waals surface area contributed by atoms with Gasteiger partial charge in [-0.25, -0.2) is 0 Å². The van der Waals surface area contributed by atoms with Gasteiger partial charge in [-0.15, -0.1) is 0 Å². The first-order valence-electron chi connectivity index (χ1n) is 8.91. The van der Waals surface area contributed by atoms with Crippen molar-refractivity contribution in [3.8, 4) is 5.75 Å². The van der Waals surface area contributed by atoms with E-state index in [0.29, 0.717) is 30.8 Å². The van der Waals surface area contributed by atoms with Crippen molar-refractivity contribution in [3.05, 3.63) is 29.8 Å². The summed E-state index contributed by atoms with van der Waals surface area (Å²) in [5, 5.41) is 2.64. The minimum absolute atomic E-state index is 0.0230. The zero-order chi connectivity index (χ0) is 19.2. The fourth-order valence-electron chi connectivity index (χ4n) is 3.19. The molecule has 0 aromatic heterocycles. The van der Waals surface area contributed by atoms with E-state index in [1.807, 2.05) is 6.92 Å². The fraction of sp³-hybridized carbons (Fsp3) is 0.579. The van der Waals surface area contributed by atoms with E-state index in [1.165, 1.54) is 0 Å². The number of hydrogen-bond acceptors (Lipinski definition) is 3. The van der Waals surface area contributed by atoms with Crippen molar-refractivity contribution in [1.29, 1.82) is 0 Å². The van der Waals surface area contributed by atoms with Crippen molar-refractivity contribution in [2.24, 2.45) is 5.92 Å². The second kappa shape index (κ2) is 9.05. The lowest BCUT2D eigenvalue weighted by Crippen LogP contribution is -2.41. The number of carbonyl (C=O) groups excluding carboxylic acids is 2. The molecule has 2 rings (SSSR count). The van der Waals surface area contributed by atoms with Crippen molar-refractivity contribution < 1.29 is 27.5 Å². The van der Waals surface area contributed by atoms with Crippen LogP contribution in [0.2, 0.25) is 0 Å². The monoisotopic (exact) mass is 371 g/mol. The third kappa shape index (κ3) is 6.04. The van der Waals surface area contributed by atoms with Crippen molar-refractivity contribution in [2.75, 3.05) is 6.61 Å². The predicted octanol–water partition coefficient (Wildman–Crippen LogP) is 4.29. The van der Waals surface area contributed by atoms with Gasteiger partial charge in [-0.2, -0.15) is 13.2 Å². The SMILES string of the molecule is CCOc1ccc(C(=O)CCC(=O)NC2CCCC(C(F)(F)F)C2)cc1. The summed E-state index contributed by atoms with van der Waals surface area (Å²) in [4.78, 5) is 24.1. The van der Waals surface area contributed by atoms with Gasteiger partial charge in [-0.1, -0.05) is 6.42 Å². The molecule has 0 saturated heterocycles. The molecular formula is C19H24F3NO3. The van der Waals surface area contributed by atoms with Crippen LogP contribution in [-0.2, 0) is 4.79 Å². The largest absolute Gasteiger partial charge is 0.494 e. The maximum atomic E-state index is 12.8. The highest BCUT2D eigenvalue weighted by atomic mass is 19.4. The predicted molar refractivity (Wildman–Crippen MR) is 91.1 cm³/mol. The number of rotatable bonds is 7. The molecule has 0 heterocycles. The number of alkyl halides is 3. The quantitative estimate of drug-likeness (QED) is 0.728. The van der Waals surface area contributed by atoms with Crippen LogP contribution in [0.5, 0.6) is 5.75 Å². The first kappa shape index (κ1) is 20.3. The maximum Gasteiger partial charge on any atom is 0.391 e. The van der Waals surface area contributed by atoms with Crippen LogP contribution >= 0.6 is 0 Å². The van der Waals surface area contributed by atoms with Gasteiger partial charge < -0.3 is 10.1 Å². The fourth-order valence-corrected chi connectivity index (χ4v) is 3.19. The summed E-state index contributed by atoms with van der Waals surface area (Å²) in [6.45, 7) is 2.39. The number of benzene rings is 1. The number of nitrogens with one attached hydrogen (secondary N) is 1. The van der Waals surface area contributed by atoms with E-state index < -0.39 is 18.1 Å². The summed E-state index contributed by atoms with van der Waals surface area (Å²) in [5.41, 5.74) is 0.482. The van der Waals surface area contributed by atoms with Gasteiger partial charge in [0.05, 0.1) is 12.5 Å². The summed E-state index contributed by atoms with van der Waals surface area (Å²) in [5.74, 6) is -1.25. The van der Waals surface area contributed by atoms with E-state index in [9.17, 15) is 22.8 Å². The summed E-state index contributed by atoms with van der Waals surface area (Å²) >= 11 is 0. The Kier molecular flexibility index (Phi) is 7.06. The molecule has 2 atom stereocenters. The Morgan fingerprint density at radius 3 is 2.46 bits per heavy atom. The van der Waals surface area contributed by atoms with Crippen LogP contribution < -0.4 is 10.1 Å². The Bertz CT molecular complexity index is 613. The Morgan fingerprint density at radius 1 is 1.15 bits per heavy atom. The molecule has 1 fully saturated rings. The summed E-state index contributed by atoms with van der Waals surface area (Å²) in [6, 6.07) is 6.19. The molecule has 26 heavy (non-hydrogen) atoms. The van der Waals surface area contributed by atoms with Gasteiger partial charge in [-0.3, -0.25) is 9.59 Å². The van der Waals surface area contributed by atoms with Gasteiger partial charge in [-0.05, 0) is 50.5 Å². The average molecular weight is 371 g/mol. The molecule has 0 radical (unpaired) electrons. The third-order valence-corrected chi connectivity index (χ3v) is 4.57. The second-order valence-electron chi connectivity index (χ2n) is 6.55. The van der Waals surface area contributed by atoms with Gasteiger partial charge in [0, 0.05) is 24.4 Å². The maximum absolute atomic E-state index is 12.8. The molecule has 1 aliphatic carbocycles. The van der Waals surface area contributed by atoms with Gasteiger partial charge in [0.1, 0.15) is 5.75 Å². The van der Waals surface area contributed by atoms with Crippen LogP contribution in [0.3, 0.4) is 0 Å². The number of amides is 1. The molecule has 1 aliphatic rings. The summed E-state index contributed by atoms with van der Waals surface area (Å²) in [6.07, 6.45) is -3.19. The zero-order valence-electron chi connectivity index (χ0n) is 14.8. The highest BCUT2D eigenvalue weighted by Crippen LogP contribution is 2.37. The number of halogens is 3. The van der Waals surface area contributed by atoms with E-state index in [0.717, 1.165) is 0 Å². The third-order valence-electron chi connectivity index (χ3n) is 4.57. The summed E-state index contributed by atoms with van der Waals surface area (Å²) in [7, 11) is 0. The van der Waals surface area contributed by atoms with Gasteiger partial charge in [0.2, 0.25) is 5.91 Å². The molecule has 2 unspecified atom stereocenters. The Hall–Kier alpha value is -2.05. The molecule has 144 valence electrons. The first-order valence-corrected chi connectivity index (χ1v) is 8.91. The van der Waals surface area contributed by atoms with Gasteiger partial charge >= 0.3 is 6.18 Å². The standard InChI is InChI=1S/C19H24F3NO3/c1-2-26-16-8-6-13(7-9-16)17(24)10-11-18(25)23-15-5-3-4-14(12-15)19(20,21)22/h6-9,14-15H,2-5,10-12H2,1H3,(H,23,25). The molecule has 1 amide bonds. The van der Waals surface area contributed by atoms with E-state index in [2.05, 4.69) is 5.32 Å². The number of ketones is 1. The van der Waals surface area contributed by atoms with Crippen molar-refractivity contribution >= 4 is 11.7 Å². The van der Waals surface area contributed by atoms with E-state index in [-0.39, 0.29) is 37.4 Å². The van der Waals surface area contributed by atoms with Crippen LogP contribution in [-0.4, -0.2) is 30.5 Å². The molecule has 1 N–H and O–H groups in total. The van der Waals surface area contributed by atoms with Gasteiger partial charge in [0.15, 0.2) is 5.78 Å². The van der Waals surface area contributed by atoms with Crippen LogP contribution in [0.25, 0.3) is 0 Å². The molecule has 1 aromatic rings. The molecule has 0 spiro atoms. The Labute approximate surface area is 151 Å². The second-order valence-corrected chi connectivity index (χ2v) is 6.55. The molecule has 4 nitrogen and oxygen atoms in total. The lowest BCUT2D eigenvalue weighted by molar-refractivity contribution is -0.184. The smallest absolute Gasteiger partial charge is 0.391 e. The lowest BCUT2D eigenvalue weighted by atomic mass is 9.85. The first-order chi connectivity index (χ1) is 12.3. The van der Waals surface area contributed by atoms with E-state index in [4.69, 9.17) is 4.74 Å². The summed E-state index contributed by atoms with van der Waals surface area (Å²) < 4.78 is 43.7. The average Bonchev–Trinajstić information content (AvgIpc) is 2.60. The number of ether oxygens (including phenoxy) is 1. The number of hydrogen-bond donors (Lipinski definition) is 1. The minimum Gasteiger partial charge on any atom is -0.494 e. The van der Waals surface area contributed by atoms with Gasteiger partial charge in [0.25, 0.3) is 0 Å². The highest BCUT2D eigenvalue weighted by molar-refractivity contribution is 5.98. The lowest BCUT2D eigenvalue weighted by Gasteiger charge is -2.31. The molecule has 1 aromatic carbocycles. The van der Waals surface area contributed by atoms with Crippen molar-refractivity contribution in [1.82, 2.24) is 5.32 Å². The minimum atomic E-state index is -4.22. The molecule has 7 heteroatoms. The van der Waals surface area contributed by atoms with Crippen LogP contribution in [0.4, 0.5) is 13.2 Å². The molecule has 1 saturated carbocycles. The number of carbonyl (C=O) groups is 2.